The summed E-state index contributed by atoms with van der Waals surface area (Å²) < 4.78 is 34.5. The molecule has 0 aliphatic rings. The topological polar surface area (TPSA) is 29.3 Å². The molecule has 2 N–H and O–H groups in total. The molecule has 0 aliphatic heterocycles. The van der Waals surface area contributed by atoms with Gasteiger partial charge in [0.15, 0.2) is 0 Å². The molecule has 0 aromatic rings. The normalized spacial score (nSPS) is 14.2. The Morgan fingerprint density at radius 3 is 1.88 bits per heavy atom. The van der Waals surface area contributed by atoms with Crippen LogP contribution in [0.1, 0.15) is 0 Å². The Bertz CT molecular complexity index is 70.2. The van der Waals surface area contributed by atoms with Crippen LogP contribution in [-0.4, -0.2) is 27.2 Å². The van der Waals surface area contributed by atoms with Gasteiger partial charge in [-0.2, -0.15) is 13.2 Å². The first-order valence-corrected chi connectivity index (χ1v) is 3.28. The van der Waals surface area contributed by atoms with Crippen molar-refractivity contribution in [2.75, 3.05) is 7.05 Å². The summed E-state index contributed by atoms with van der Waals surface area (Å²) in [6.07, 6.45) is 0. The largest absolute Gasteiger partial charge is 0.371 e. The molecule has 0 saturated carbocycles. The van der Waals surface area contributed by atoms with Gasteiger partial charge in [-0.15, -0.1) is 0 Å². The van der Waals surface area contributed by atoms with E-state index in [0.717, 1.165) is 4.67 Å². The van der Waals surface area contributed by atoms with Crippen LogP contribution < -0.4 is 5.84 Å². The van der Waals surface area contributed by atoms with E-state index in [-0.39, 0.29) is 0 Å². The first kappa shape index (κ1) is 7.93. The molecule has 0 bridgehead atoms. The maximum Gasteiger partial charge on any atom is 0.371 e. The summed E-state index contributed by atoms with van der Waals surface area (Å²) >= 11 is 0. The van der Waals surface area contributed by atoms with Crippen LogP contribution in [0, 0.1) is 0 Å². The highest BCUT2D eigenvalue weighted by atomic mass is 28.2. The van der Waals surface area contributed by atoms with Gasteiger partial charge in [-0.1, -0.05) is 0 Å². The minimum atomic E-state index is -4.04. The lowest BCUT2D eigenvalue weighted by Crippen LogP contribution is -2.39. The van der Waals surface area contributed by atoms with E-state index in [2.05, 4.69) is 0 Å². The predicted molar refractivity (Wildman–Crippen MR) is 26.5 cm³/mol. The van der Waals surface area contributed by atoms with Crippen molar-refractivity contribution >= 4 is 9.68 Å². The van der Waals surface area contributed by atoms with Crippen molar-refractivity contribution in [1.29, 1.82) is 0 Å². The average molecular weight is 144 g/mol. The third-order valence-electron chi connectivity index (χ3n) is 0.429. The van der Waals surface area contributed by atoms with Crippen molar-refractivity contribution in [3.63, 3.8) is 0 Å². The summed E-state index contributed by atoms with van der Waals surface area (Å²) in [5, 5.41) is 0. The lowest BCUT2D eigenvalue weighted by atomic mass is 11.5. The number of halogens is 3. The molecule has 8 heavy (non-hydrogen) atoms. The maximum atomic E-state index is 11.2. The van der Waals surface area contributed by atoms with Crippen LogP contribution >= 0.6 is 0 Å². The fourth-order valence-corrected chi connectivity index (χ4v) is 0.848. The van der Waals surface area contributed by atoms with Crippen LogP contribution in [0.2, 0.25) is 0 Å². The fraction of sp³-hybridized carbons (Fsp3) is 1.00. The molecule has 2 nitrogen and oxygen atoms in total. The number of nitrogens with zero attached hydrogens (tertiary/aromatic N) is 1. The number of rotatable bonds is 1. The molecule has 0 radical (unpaired) electrons. The third-order valence-corrected chi connectivity index (χ3v) is 1.29. The van der Waals surface area contributed by atoms with Crippen LogP contribution in [0.5, 0.6) is 0 Å². The standard InChI is InChI=1S/C2H7F3N2Si/c1-7(6)8-2(3,4)5/h6,8H2,1H3. The second-order valence-electron chi connectivity index (χ2n) is 1.53. The number of hydrogen-bond acceptors (Lipinski definition) is 2. The van der Waals surface area contributed by atoms with Crippen molar-refractivity contribution in [3.8, 4) is 0 Å². The summed E-state index contributed by atoms with van der Waals surface area (Å²) in [5.41, 5.74) is 0. The zero-order valence-corrected chi connectivity index (χ0v) is 5.78. The van der Waals surface area contributed by atoms with E-state index in [4.69, 9.17) is 5.84 Å². The molecule has 0 aliphatic carbocycles. The molecular weight excluding hydrogens is 137 g/mol. The van der Waals surface area contributed by atoms with E-state index >= 15 is 0 Å². The van der Waals surface area contributed by atoms with E-state index < -0.39 is 15.5 Å². The van der Waals surface area contributed by atoms with Gasteiger partial charge in [0.1, 0.15) is 0 Å². The zero-order valence-electron chi connectivity index (χ0n) is 4.37. The van der Waals surface area contributed by atoms with Gasteiger partial charge < -0.3 is 0 Å². The lowest BCUT2D eigenvalue weighted by Gasteiger charge is -2.10. The Hall–Kier alpha value is -0.0731. The molecule has 6 heteroatoms. The van der Waals surface area contributed by atoms with Crippen molar-refractivity contribution in [3.05, 3.63) is 0 Å². The molecule has 0 aromatic carbocycles. The SMILES string of the molecule is CN(N)[SiH2]C(F)(F)F. The van der Waals surface area contributed by atoms with Crippen molar-refractivity contribution in [2.45, 2.75) is 5.80 Å². The Morgan fingerprint density at radius 2 is 1.88 bits per heavy atom. The van der Waals surface area contributed by atoms with Crippen LogP contribution in [-0.2, 0) is 0 Å². The molecule has 0 amide bonds. The monoisotopic (exact) mass is 144 g/mol. The van der Waals surface area contributed by atoms with E-state index in [9.17, 15) is 13.2 Å². The van der Waals surface area contributed by atoms with E-state index in [0.29, 0.717) is 0 Å². The quantitative estimate of drug-likeness (QED) is 0.302. The molecule has 0 heterocycles. The summed E-state index contributed by atoms with van der Waals surface area (Å²) in [4.78, 5) is 0. The van der Waals surface area contributed by atoms with Gasteiger partial charge >= 0.3 is 5.80 Å². The summed E-state index contributed by atoms with van der Waals surface area (Å²) in [7, 11) is -0.983. The Kier molecular flexibility index (Phi) is 2.45. The minimum absolute atomic E-state index is 0.722. The maximum absolute atomic E-state index is 11.2. The predicted octanol–water partition coefficient (Wildman–Crippen LogP) is -0.605. The molecule has 50 valence electrons. The molecule has 0 rings (SSSR count). The molecule has 0 aromatic heterocycles. The van der Waals surface area contributed by atoms with Gasteiger partial charge in [0.2, 0.25) is 9.68 Å². The smallest absolute Gasteiger partial charge is 0.276 e. The highest BCUT2D eigenvalue weighted by molar-refractivity contribution is 6.34. The number of hydrazine groups is 1. The van der Waals surface area contributed by atoms with Gasteiger partial charge in [0, 0.05) is 0 Å². The summed E-state index contributed by atoms with van der Waals surface area (Å²) in [5.74, 6) is 0.715. The van der Waals surface area contributed by atoms with Crippen molar-refractivity contribution in [1.82, 2.24) is 4.67 Å². The molecule has 0 saturated heterocycles. The first-order chi connectivity index (χ1) is 3.42. The van der Waals surface area contributed by atoms with Gasteiger partial charge in [0.05, 0.1) is 0 Å². The summed E-state index contributed by atoms with van der Waals surface area (Å²) in [6.45, 7) is 0. The highest BCUT2D eigenvalue weighted by Gasteiger charge is 2.28. The molecule has 0 fully saturated rings. The summed E-state index contributed by atoms with van der Waals surface area (Å²) in [6, 6.07) is 0. The number of hydrogen-bond donors (Lipinski definition) is 1. The second kappa shape index (κ2) is 2.47. The van der Waals surface area contributed by atoms with Crippen LogP contribution in [0.4, 0.5) is 13.2 Å². The highest BCUT2D eigenvalue weighted by Crippen LogP contribution is 2.11. The average Bonchev–Trinajstić information content (AvgIpc) is 1.21. The van der Waals surface area contributed by atoms with Gasteiger partial charge in [0.25, 0.3) is 0 Å². The van der Waals surface area contributed by atoms with Crippen LogP contribution in [0.25, 0.3) is 0 Å². The molecule has 0 atom stereocenters. The van der Waals surface area contributed by atoms with E-state index in [1.807, 2.05) is 0 Å². The zero-order chi connectivity index (χ0) is 6.78. The van der Waals surface area contributed by atoms with Crippen molar-refractivity contribution < 1.29 is 13.2 Å². The Labute approximate surface area is 47.3 Å². The molecular formula is C2H7F3N2Si. The van der Waals surface area contributed by atoms with E-state index in [1.54, 1.807) is 0 Å². The third kappa shape index (κ3) is 5.93. The lowest BCUT2D eigenvalue weighted by molar-refractivity contribution is -0.0526. The van der Waals surface area contributed by atoms with Gasteiger partial charge in [-0.25, -0.2) is 0 Å². The van der Waals surface area contributed by atoms with Gasteiger partial charge in [-0.3, -0.25) is 10.5 Å². The fourth-order valence-electron chi connectivity index (χ4n) is 0.283. The Morgan fingerprint density at radius 1 is 1.50 bits per heavy atom. The van der Waals surface area contributed by atoms with Crippen LogP contribution in [0.15, 0.2) is 0 Å². The molecule has 0 unspecified atom stereocenters. The molecule has 0 spiro atoms. The van der Waals surface area contributed by atoms with Gasteiger partial charge in [-0.05, 0) is 7.05 Å². The number of nitrogens with two attached hydrogens (primary N) is 1. The minimum Gasteiger partial charge on any atom is -0.276 e. The second-order valence-corrected chi connectivity index (χ2v) is 3.65. The Balaban J connectivity index is 3.39. The van der Waals surface area contributed by atoms with Crippen LogP contribution in [0.3, 0.4) is 0 Å². The van der Waals surface area contributed by atoms with E-state index in [1.165, 1.54) is 7.05 Å². The number of alkyl halides is 3. The van der Waals surface area contributed by atoms with Crippen molar-refractivity contribution in [2.24, 2.45) is 5.84 Å². The first-order valence-electron chi connectivity index (χ1n) is 1.94.